The quantitative estimate of drug-likeness (QED) is 0.876. The normalized spacial score (nSPS) is 17.7. The van der Waals surface area contributed by atoms with Crippen molar-refractivity contribution in [2.45, 2.75) is 6.92 Å². The summed E-state index contributed by atoms with van der Waals surface area (Å²) in [5.41, 5.74) is 1.59. The molecule has 1 saturated heterocycles. The predicted octanol–water partition coefficient (Wildman–Crippen LogP) is 1.32. The SMILES string of the molecule is Cc1ccc(Br)c(NS(=O)(=O)N2CCNCC2)c1. The Bertz CT molecular complexity index is 527. The number of hydrogen-bond donors (Lipinski definition) is 2. The second-order valence-corrected chi connectivity index (χ2v) is 6.76. The maximum absolute atomic E-state index is 12.2. The van der Waals surface area contributed by atoms with Crippen molar-refractivity contribution in [1.29, 1.82) is 0 Å². The number of nitrogens with one attached hydrogen (secondary N) is 2. The van der Waals surface area contributed by atoms with Crippen molar-refractivity contribution in [2.24, 2.45) is 0 Å². The molecule has 5 nitrogen and oxygen atoms in total. The van der Waals surface area contributed by atoms with Gasteiger partial charge in [-0.2, -0.15) is 12.7 Å². The maximum atomic E-state index is 12.2. The highest BCUT2D eigenvalue weighted by Gasteiger charge is 2.24. The summed E-state index contributed by atoms with van der Waals surface area (Å²) in [5, 5.41) is 3.13. The fourth-order valence-electron chi connectivity index (χ4n) is 1.81. The highest BCUT2D eigenvalue weighted by atomic mass is 79.9. The van der Waals surface area contributed by atoms with Crippen LogP contribution in [0, 0.1) is 6.92 Å². The second-order valence-electron chi connectivity index (χ2n) is 4.24. The van der Waals surface area contributed by atoms with E-state index in [1.165, 1.54) is 4.31 Å². The summed E-state index contributed by atoms with van der Waals surface area (Å²) in [4.78, 5) is 0. The van der Waals surface area contributed by atoms with Crippen LogP contribution in [0.1, 0.15) is 5.56 Å². The minimum atomic E-state index is -3.46. The Morgan fingerprint density at radius 2 is 2.00 bits per heavy atom. The van der Waals surface area contributed by atoms with Crippen LogP contribution in [0.2, 0.25) is 0 Å². The molecule has 1 aromatic carbocycles. The lowest BCUT2D eigenvalue weighted by Gasteiger charge is -2.27. The molecule has 0 spiro atoms. The van der Waals surface area contributed by atoms with E-state index in [-0.39, 0.29) is 0 Å². The van der Waals surface area contributed by atoms with Crippen LogP contribution in [0.5, 0.6) is 0 Å². The number of nitrogens with zero attached hydrogens (tertiary/aromatic N) is 1. The number of rotatable bonds is 3. The third-order valence-corrected chi connectivity index (χ3v) is 4.99. The topological polar surface area (TPSA) is 61.4 Å². The standard InChI is InChI=1S/C11H16BrN3O2S/c1-9-2-3-10(12)11(8-9)14-18(16,17)15-6-4-13-5-7-15/h2-3,8,13-14H,4-7H2,1H3. The van der Waals surface area contributed by atoms with E-state index in [1.807, 2.05) is 25.1 Å². The van der Waals surface area contributed by atoms with Crippen molar-refractivity contribution in [3.8, 4) is 0 Å². The molecule has 0 unspecified atom stereocenters. The van der Waals surface area contributed by atoms with E-state index in [1.54, 1.807) is 0 Å². The van der Waals surface area contributed by atoms with Crippen molar-refractivity contribution < 1.29 is 8.42 Å². The highest BCUT2D eigenvalue weighted by Crippen LogP contribution is 2.25. The summed E-state index contributed by atoms with van der Waals surface area (Å²) in [6.07, 6.45) is 0. The third-order valence-electron chi connectivity index (χ3n) is 2.78. The zero-order valence-electron chi connectivity index (χ0n) is 10.1. The first kappa shape index (κ1) is 13.8. The molecule has 2 N–H and O–H groups in total. The van der Waals surface area contributed by atoms with Crippen LogP contribution >= 0.6 is 15.9 Å². The highest BCUT2D eigenvalue weighted by molar-refractivity contribution is 9.10. The molecule has 100 valence electrons. The molecule has 1 fully saturated rings. The molecule has 0 radical (unpaired) electrons. The van der Waals surface area contributed by atoms with E-state index in [2.05, 4.69) is 26.0 Å². The lowest BCUT2D eigenvalue weighted by atomic mass is 10.2. The smallest absolute Gasteiger partial charge is 0.301 e. The van der Waals surface area contributed by atoms with E-state index in [4.69, 9.17) is 0 Å². The molecule has 0 amide bonds. The first-order valence-corrected chi connectivity index (χ1v) is 7.97. The van der Waals surface area contributed by atoms with E-state index < -0.39 is 10.2 Å². The number of anilines is 1. The van der Waals surface area contributed by atoms with E-state index >= 15 is 0 Å². The Balaban J connectivity index is 2.18. The van der Waals surface area contributed by atoms with Gasteiger partial charge in [0.2, 0.25) is 0 Å². The van der Waals surface area contributed by atoms with Crippen molar-refractivity contribution >= 4 is 31.8 Å². The second kappa shape index (κ2) is 5.56. The molecule has 1 aliphatic rings. The Hall–Kier alpha value is -0.630. The zero-order chi connectivity index (χ0) is 13.2. The monoisotopic (exact) mass is 333 g/mol. The van der Waals surface area contributed by atoms with Gasteiger partial charge in [0, 0.05) is 30.7 Å². The van der Waals surface area contributed by atoms with Crippen molar-refractivity contribution in [2.75, 3.05) is 30.9 Å². The van der Waals surface area contributed by atoms with E-state index in [0.29, 0.717) is 31.9 Å². The summed E-state index contributed by atoms with van der Waals surface area (Å²) in [5.74, 6) is 0. The largest absolute Gasteiger partial charge is 0.314 e. The molecule has 0 bridgehead atoms. The average Bonchev–Trinajstić information content (AvgIpc) is 2.35. The first-order chi connectivity index (χ1) is 8.49. The van der Waals surface area contributed by atoms with Gasteiger partial charge in [-0.3, -0.25) is 4.72 Å². The van der Waals surface area contributed by atoms with Gasteiger partial charge in [0.15, 0.2) is 0 Å². The summed E-state index contributed by atoms with van der Waals surface area (Å²) < 4.78 is 29.2. The molecule has 0 aliphatic carbocycles. The van der Waals surface area contributed by atoms with Crippen LogP contribution in [-0.2, 0) is 10.2 Å². The van der Waals surface area contributed by atoms with Crippen LogP contribution in [0.4, 0.5) is 5.69 Å². The van der Waals surface area contributed by atoms with Gasteiger partial charge < -0.3 is 5.32 Å². The van der Waals surface area contributed by atoms with Gasteiger partial charge in [0.25, 0.3) is 0 Å². The molecule has 0 atom stereocenters. The number of halogens is 1. The summed E-state index contributed by atoms with van der Waals surface area (Å²) >= 11 is 3.35. The minimum absolute atomic E-state index is 0.499. The fraction of sp³-hybridized carbons (Fsp3) is 0.455. The lowest BCUT2D eigenvalue weighted by Crippen LogP contribution is -2.48. The summed E-state index contributed by atoms with van der Waals surface area (Å²) in [6, 6.07) is 5.57. The van der Waals surface area contributed by atoms with Crippen molar-refractivity contribution in [3.05, 3.63) is 28.2 Å². The number of benzene rings is 1. The van der Waals surface area contributed by atoms with Crippen LogP contribution in [0.3, 0.4) is 0 Å². The Morgan fingerprint density at radius 3 is 2.67 bits per heavy atom. The number of aryl methyl sites for hydroxylation is 1. The van der Waals surface area contributed by atoms with E-state index in [9.17, 15) is 8.42 Å². The number of hydrogen-bond acceptors (Lipinski definition) is 3. The van der Waals surface area contributed by atoms with Gasteiger partial charge in [-0.05, 0) is 40.5 Å². The molecule has 1 heterocycles. The van der Waals surface area contributed by atoms with Gasteiger partial charge in [-0.25, -0.2) is 0 Å². The van der Waals surface area contributed by atoms with Crippen molar-refractivity contribution in [1.82, 2.24) is 9.62 Å². The van der Waals surface area contributed by atoms with Gasteiger partial charge in [0.1, 0.15) is 0 Å². The molecule has 1 aliphatic heterocycles. The van der Waals surface area contributed by atoms with Gasteiger partial charge in [-0.1, -0.05) is 6.07 Å². The molecular weight excluding hydrogens is 318 g/mol. The van der Waals surface area contributed by atoms with E-state index in [0.717, 1.165) is 10.0 Å². The zero-order valence-corrected chi connectivity index (χ0v) is 12.5. The van der Waals surface area contributed by atoms with Gasteiger partial charge in [-0.15, -0.1) is 0 Å². The summed E-state index contributed by atoms with van der Waals surface area (Å²) in [7, 11) is -3.46. The van der Waals surface area contributed by atoms with Crippen LogP contribution < -0.4 is 10.0 Å². The molecular formula is C11H16BrN3O2S. The molecule has 0 aromatic heterocycles. The lowest BCUT2D eigenvalue weighted by molar-refractivity contribution is 0.362. The predicted molar refractivity (Wildman–Crippen MR) is 75.9 cm³/mol. The fourth-order valence-corrected chi connectivity index (χ4v) is 3.52. The van der Waals surface area contributed by atoms with Gasteiger partial charge >= 0.3 is 10.2 Å². The van der Waals surface area contributed by atoms with Gasteiger partial charge in [0.05, 0.1) is 5.69 Å². The molecule has 18 heavy (non-hydrogen) atoms. The number of piperazine rings is 1. The Morgan fingerprint density at radius 1 is 1.33 bits per heavy atom. The first-order valence-electron chi connectivity index (χ1n) is 5.74. The average molecular weight is 334 g/mol. The third kappa shape index (κ3) is 3.23. The maximum Gasteiger partial charge on any atom is 0.301 e. The Kier molecular flexibility index (Phi) is 4.26. The Labute approximate surface area is 116 Å². The summed E-state index contributed by atoms with van der Waals surface area (Å²) in [6.45, 7) is 4.30. The molecule has 0 saturated carbocycles. The minimum Gasteiger partial charge on any atom is -0.314 e. The van der Waals surface area contributed by atoms with Crippen LogP contribution in [-0.4, -0.2) is 38.9 Å². The van der Waals surface area contributed by atoms with Crippen LogP contribution in [0.15, 0.2) is 22.7 Å². The molecule has 7 heteroatoms. The molecule has 1 aromatic rings. The van der Waals surface area contributed by atoms with Crippen molar-refractivity contribution in [3.63, 3.8) is 0 Å². The van der Waals surface area contributed by atoms with Crippen LogP contribution in [0.25, 0.3) is 0 Å². The molecule has 2 rings (SSSR count).